The van der Waals surface area contributed by atoms with Gasteiger partial charge in [0.1, 0.15) is 5.75 Å². The average molecular weight is 135 g/mol. The third-order valence-corrected chi connectivity index (χ3v) is 1.35. The second-order valence-electron chi connectivity index (χ2n) is 2.41. The van der Waals surface area contributed by atoms with Crippen molar-refractivity contribution in [1.82, 2.24) is 0 Å². The van der Waals surface area contributed by atoms with Crippen molar-refractivity contribution in [3.63, 3.8) is 0 Å². The molecule has 0 atom stereocenters. The van der Waals surface area contributed by atoms with Crippen LogP contribution in [0.15, 0.2) is 24.3 Å². The van der Waals surface area contributed by atoms with Crippen LogP contribution in [0.25, 0.3) is 0 Å². The van der Waals surface area contributed by atoms with Crippen molar-refractivity contribution in [3.05, 3.63) is 24.3 Å². The smallest absolute Gasteiger partial charge is 0.217 e. The van der Waals surface area contributed by atoms with Gasteiger partial charge in [0.05, 0.1) is 0 Å². The lowest BCUT2D eigenvalue weighted by molar-refractivity contribution is 0.475. The van der Waals surface area contributed by atoms with E-state index in [1.165, 1.54) is 0 Å². The molecule has 0 spiro atoms. The van der Waals surface area contributed by atoms with Crippen molar-refractivity contribution in [1.29, 1.82) is 0 Å². The van der Waals surface area contributed by atoms with Crippen molar-refractivity contribution >= 4 is 13.7 Å². The fourth-order valence-electron chi connectivity index (χ4n) is 0.771. The van der Waals surface area contributed by atoms with Gasteiger partial charge in [0, 0.05) is 11.8 Å². The number of nitrogens with zero attached hydrogens (tertiary/aromatic N) is 1. The quantitative estimate of drug-likeness (QED) is 0.562. The van der Waals surface area contributed by atoms with E-state index in [9.17, 15) is 0 Å². The van der Waals surface area contributed by atoms with Crippen LogP contribution in [0.4, 0.5) is 5.69 Å². The molecule has 0 radical (unpaired) electrons. The highest BCUT2D eigenvalue weighted by atomic mass is 16.3. The molecule has 10 heavy (non-hydrogen) atoms. The van der Waals surface area contributed by atoms with Crippen molar-refractivity contribution in [2.75, 3.05) is 11.9 Å². The summed E-state index contributed by atoms with van der Waals surface area (Å²) >= 11 is 0. The monoisotopic (exact) mass is 135 g/mol. The van der Waals surface area contributed by atoms with Gasteiger partial charge in [-0.2, -0.15) is 0 Å². The maximum absolute atomic E-state index is 9.04. The fourth-order valence-corrected chi connectivity index (χ4v) is 0.771. The topological polar surface area (TPSA) is 23.5 Å². The van der Waals surface area contributed by atoms with E-state index in [1.54, 1.807) is 12.1 Å². The molecule has 0 aliphatic heterocycles. The lowest BCUT2D eigenvalue weighted by Gasteiger charge is -2.11. The second-order valence-corrected chi connectivity index (χ2v) is 2.41. The molecule has 0 aliphatic carbocycles. The van der Waals surface area contributed by atoms with Gasteiger partial charge in [0.2, 0.25) is 7.98 Å². The van der Waals surface area contributed by atoms with Gasteiger partial charge in [0.15, 0.2) is 0 Å². The first kappa shape index (κ1) is 7.00. The molecule has 2 nitrogen and oxygen atoms in total. The van der Waals surface area contributed by atoms with E-state index in [1.807, 2.05) is 32.0 Å². The number of phenols is 1. The lowest BCUT2D eigenvalue weighted by Crippen LogP contribution is -2.10. The minimum Gasteiger partial charge on any atom is -0.508 e. The van der Waals surface area contributed by atoms with Crippen LogP contribution in [0, 0.1) is 0 Å². The number of aromatic hydroxyl groups is 1. The summed E-state index contributed by atoms with van der Waals surface area (Å²) in [4.78, 5) is 1.94. The molecule has 3 heteroatoms. The van der Waals surface area contributed by atoms with Crippen molar-refractivity contribution in [2.24, 2.45) is 0 Å². The largest absolute Gasteiger partial charge is 0.508 e. The number of hydrogen-bond donors (Lipinski definition) is 1. The third-order valence-electron chi connectivity index (χ3n) is 1.35. The van der Waals surface area contributed by atoms with Crippen LogP contribution in [0.3, 0.4) is 0 Å². The molecule has 0 unspecified atom stereocenters. The van der Waals surface area contributed by atoms with Crippen molar-refractivity contribution in [2.45, 2.75) is 0 Å². The number of phenolic OH excluding ortho intramolecular Hbond substituents is 1. The minimum atomic E-state index is 0.311. The van der Waals surface area contributed by atoms with E-state index in [-0.39, 0.29) is 0 Å². The number of rotatable bonds is 1. The van der Waals surface area contributed by atoms with Crippen LogP contribution < -0.4 is 4.81 Å². The molecule has 1 aromatic rings. The predicted molar refractivity (Wildman–Crippen MR) is 45.1 cm³/mol. The molecular formula is C7H10BNO. The van der Waals surface area contributed by atoms with Gasteiger partial charge in [-0.3, -0.25) is 0 Å². The molecule has 1 aromatic carbocycles. The Morgan fingerprint density at radius 3 is 2.60 bits per heavy atom. The Morgan fingerprint density at radius 1 is 1.50 bits per heavy atom. The lowest BCUT2D eigenvalue weighted by atomic mass is 10.2. The molecule has 0 amide bonds. The van der Waals surface area contributed by atoms with Gasteiger partial charge in [-0.05, 0) is 19.2 Å². The van der Waals surface area contributed by atoms with Crippen LogP contribution in [0.1, 0.15) is 0 Å². The van der Waals surface area contributed by atoms with Crippen LogP contribution >= 0.6 is 0 Å². The second kappa shape index (κ2) is 2.65. The molecular weight excluding hydrogens is 125 g/mol. The molecule has 0 heterocycles. The Labute approximate surface area is 61.5 Å². The Morgan fingerprint density at radius 2 is 2.20 bits per heavy atom. The zero-order valence-electron chi connectivity index (χ0n) is 6.20. The Balaban J connectivity index is 2.96. The van der Waals surface area contributed by atoms with Gasteiger partial charge in [-0.1, -0.05) is 6.07 Å². The van der Waals surface area contributed by atoms with Crippen molar-refractivity contribution in [3.8, 4) is 5.75 Å². The van der Waals surface area contributed by atoms with E-state index in [2.05, 4.69) is 0 Å². The molecule has 0 saturated carbocycles. The van der Waals surface area contributed by atoms with E-state index >= 15 is 0 Å². The van der Waals surface area contributed by atoms with Crippen LogP contribution in [-0.2, 0) is 0 Å². The van der Waals surface area contributed by atoms with Crippen LogP contribution in [0.5, 0.6) is 5.75 Å². The third kappa shape index (κ3) is 1.44. The summed E-state index contributed by atoms with van der Waals surface area (Å²) in [6, 6.07) is 7.15. The van der Waals surface area contributed by atoms with E-state index < -0.39 is 0 Å². The Kier molecular flexibility index (Phi) is 1.85. The van der Waals surface area contributed by atoms with Gasteiger partial charge in [-0.25, -0.2) is 0 Å². The maximum atomic E-state index is 9.04. The Hall–Kier alpha value is -1.12. The highest BCUT2D eigenvalue weighted by Crippen LogP contribution is 2.16. The molecule has 1 rings (SSSR count). The van der Waals surface area contributed by atoms with Crippen molar-refractivity contribution < 1.29 is 5.11 Å². The standard InChI is InChI=1S/C7H10BNO/c1-9(8)6-3-2-4-7(10)5-6/h2-5,10H,8H2,1H3. The Bertz CT molecular complexity index is 225. The summed E-state index contributed by atoms with van der Waals surface area (Å²) in [5.74, 6) is 0.311. The summed E-state index contributed by atoms with van der Waals surface area (Å²) in [5.41, 5.74) is 1.01. The SMILES string of the molecule is BN(C)c1cccc(O)c1. The zero-order chi connectivity index (χ0) is 7.56. The summed E-state index contributed by atoms with van der Waals surface area (Å²) in [6.45, 7) is 0. The maximum Gasteiger partial charge on any atom is 0.217 e. The molecule has 0 aliphatic rings. The fraction of sp³-hybridized carbons (Fsp3) is 0.143. The van der Waals surface area contributed by atoms with Gasteiger partial charge in [0.25, 0.3) is 0 Å². The highest BCUT2D eigenvalue weighted by Gasteiger charge is 1.93. The molecule has 0 fully saturated rings. The van der Waals surface area contributed by atoms with Gasteiger partial charge in [-0.15, -0.1) is 0 Å². The summed E-state index contributed by atoms with van der Waals surface area (Å²) < 4.78 is 0. The first-order valence-corrected chi connectivity index (χ1v) is 3.16. The molecule has 1 N–H and O–H groups in total. The normalized spacial score (nSPS) is 9.30. The van der Waals surface area contributed by atoms with E-state index in [0.29, 0.717) is 5.75 Å². The molecule has 0 aromatic heterocycles. The number of hydrogen-bond acceptors (Lipinski definition) is 2. The zero-order valence-corrected chi connectivity index (χ0v) is 6.20. The van der Waals surface area contributed by atoms with E-state index in [4.69, 9.17) is 5.11 Å². The highest BCUT2D eigenvalue weighted by molar-refractivity contribution is 6.17. The number of anilines is 1. The summed E-state index contributed by atoms with van der Waals surface area (Å²) in [7, 11) is 3.88. The summed E-state index contributed by atoms with van der Waals surface area (Å²) in [5, 5.41) is 9.04. The minimum absolute atomic E-state index is 0.311. The predicted octanol–water partition coefficient (Wildman–Crippen LogP) is 0.377. The average Bonchev–Trinajstić information content (AvgIpc) is 1.88. The van der Waals surface area contributed by atoms with Gasteiger partial charge < -0.3 is 9.92 Å². The molecule has 0 saturated heterocycles. The van der Waals surface area contributed by atoms with Gasteiger partial charge >= 0.3 is 0 Å². The number of benzene rings is 1. The molecule has 52 valence electrons. The first-order chi connectivity index (χ1) is 4.70. The van der Waals surface area contributed by atoms with Crippen LogP contribution in [0.2, 0.25) is 0 Å². The first-order valence-electron chi connectivity index (χ1n) is 3.16. The van der Waals surface area contributed by atoms with E-state index in [0.717, 1.165) is 5.69 Å². The molecule has 0 bridgehead atoms. The summed E-state index contributed by atoms with van der Waals surface area (Å²) in [6.07, 6.45) is 0. The van der Waals surface area contributed by atoms with Crippen LogP contribution in [-0.4, -0.2) is 20.1 Å².